The van der Waals surface area contributed by atoms with E-state index in [4.69, 9.17) is 4.74 Å². The molecule has 2 unspecified atom stereocenters. The number of aliphatic hydroxyl groups is 1. The second-order valence-electron chi connectivity index (χ2n) is 5.66. The molecule has 0 saturated heterocycles. The number of rotatable bonds is 7. The van der Waals surface area contributed by atoms with Crippen molar-refractivity contribution >= 4 is 0 Å². The van der Waals surface area contributed by atoms with Crippen LogP contribution in [0.25, 0.3) is 0 Å². The molecule has 2 N–H and O–H groups in total. The van der Waals surface area contributed by atoms with Gasteiger partial charge in [0.2, 0.25) is 0 Å². The lowest BCUT2D eigenvalue weighted by atomic mass is 10.0. The quantitative estimate of drug-likeness (QED) is 0.796. The van der Waals surface area contributed by atoms with Crippen molar-refractivity contribution in [2.45, 2.75) is 46.3 Å². The molecule has 0 radical (unpaired) electrons. The first kappa shape index (κ1) is 16.0. The number of benzene rings is 1. The van der Waals surface area contributed by atoms with E-state index in [0.29, 0.717) is 12.5 Å². The summed E-state index contributed by atoms with van der Waals surface area (Å²) in [6.45, 7) is 9.02. The van der Waals surface area contributed by atoms with E-state index in [1.54, 1.807) is 7.11 Å². The topological polar surface area (TPSA) is 41.5 Å². The third-order valence-electron chi connectivity index (χ3n) is 3.25. The standard InChI is InChI=1S/C16H27NO2/c1-11(2)8-14(18)10-17-13(4)15-9-12(3)6-7-16(15)19-5/h6-7,9,11,13-14,17-18H,8,10H2,1-5H3. The van der Waals surface area contributed by atoms with E-state index in [1.807, 2.05) is 12.1 Å². The number of aliphatic hydroxyl groups excluding tert-OH is 1. The number of hydrogen-bond acceptors (Lipinski definition) is 3. The van der Waals surface area contributed by atoms with Gasteiger partial charge < -0.3 is 15.2 Å². The lowest BCUT2D eigenvalue weighted by Crippen LogP contribution is -2.30. The van der Waals surface area contributed by atoms with Crippen LogP contribution in [0.1, 0.15) is 44.4 Å². The molecule has 108 valence electrons. The maximum absolute atomic E-state index is 9.90. The largest absolute Gasteiger partial charge is 0.496 e. The zero-order valence-corrected chi connectivity index (χ0v) is 12.7. The van der Waals surface area contributed by atoms with Crippen molar-refractivity contribution in [1.29, 1.82) is 0 Å². The first-order valence-electron chi connectivity index (χ1n) is 7.00. The SMILES string of the molecule is COc1ccc(C)cc1C(C)NCC(O)CC(C)C. The number of aryl methyl sites for hydroxylation is 1. The summed E-state index contributed by atoms with van der Waals surface area (Å²) in [4.78, 5) is 0. The predicted octanol–water partition coefficient (Wildman–Crippen LogP) is 3.06. The van der Waals surface area contributed by atoms with Gasteiger partial charge in [0.05, 0.1) is 13.2 Å². The van der Waals surface area contributed by atoms with Gasteiger partial charge in [-0.1, -0.05) is 31.5 Å². The molecule has 0 bridgehead atoms. The Labute approximate surface area is 117 Å². The first-order valence-corrected chi connectivity index (χ1v) is 7.00. The molecular formula is C16H27NO2. The number of nitrogens with one attached hydrogen (secondary N) is 1. The third-order valence-corrected chi connectivity index (χ3v) is 3.25. The van der Waals surface area contributed by atoms with Gasteiger partial charge in [-0.05, 0) is 32.3 Å². The van der Waals surface area contributed by atoms with Crippen LogP contribution in [0, 0.1) is 12.8 Å². The molecule has 3 heteroatoms. The molecule has 0 aliphatic heterocycles. The van der Waals surface area contributed by atoms with Crippen molar-refractivity contribution < 1.29 is 9.84 Å². The monoisotopic (exact) mass is 265 g/mol. The van der Waals surface area contributed by atoms with Gasteiger partial charge in [-0.2, -0.15) is 0 Å². The average Bonchev–Trinajstić information content (AvgIpc) is 2.35. The fourth-order valence-electron chi connectivity index (χ4n) is 2.24. The molecule has 2 atom stereocenters. The molecule has 0 aromatic heterocycles. The minimum absolute atomic E-state index is 0.164. The highest BCUT2D eigenvalue weighted by Gasteiger charge is 2.13. The Morgan fingerprint density at radius 1 is 1.26 bits per heavy atom. The Morgan fingerprint density at radius 3 is 2.53 bits per heavy atom. The summed E-state index contributed by atoms with van der Waals surface area (Å²) in [7, 11) is 1.69. The van der Waals surface area contributed by atoms with E-state index in [1.165, 1.54) is 5.56 Å². The van der Waals surface area contributed by atoms with Crippen LogP contribution in [0.3, 0.4) is 0 Å². The van der Waals surface area contributed by atoms with Gasteiger partial charge in [-0.15, -0.1) is 0 Å². The molecule has 19 heavy (non-hydrogen) atoms. The van der Waals surface area contributed by atoms with Crippen LogP contribution < -0.4 is 10.1 Å². The Hall–Kier alpha value is -1.06. The molecule has 0 amide bonds. The van der Waals surface area contributed by atoms with E-state index in [9.17, 15) is 5.11 Å². The fourth-order valence-corrected chi connectivity index (χ4v) is 2.24. The Morgan fingerprint density at radius 2 is 1.95 bits per heavy atom. The van der Waals surface area contributed by atoms with Crippen molar-refractivity contribution in [1.82, 2.24) is 5.32 Å². The van der Waals surface area contributed by atoms with Gasteiger partial charge in [0.15, 0.2) is 0 Å². The molecule has 1 aromatic rings. The zero-order chi connectivity index (χ0) is 14.4. The summed E-state index contributed by atoms with van der Waals surface area (Å²) in [6.07, 6.45) is 0.531. The molecule has 0 spiro atoms. The van der Waals surface area contributed by atoms with E-state index in [0.717, 1.165) is 17.7 Å². The summed E-state index contributed by atoms with van der Waals surface area (Å²) in [6, 6.07) is 6.33. The molecule has 0 aliphatic rings. The van der Waals surface area contributed by atoms with Crippen molar-refractivity contribution in [3.63, 3.8) is 0 Å². The molecule has 3 nitrogen and oxygen atoms in total. The summed E-state index contributed by atoms with van der Waals surface area (Å²) in [5, 5.41) is 13.3. The van der Waals surface area contributed by atoms with Gasteiger partial charge in [0, 0.05) is 18.2 Å². The zero-order valence-electron chi connectivity index (χ0n) is 12.7. The Kier molecular flexibility index (Phi) is 6.32. The third kappa shape index (κ3) is 5.21. The fraction of sp³-hybridized carbons (Fsp3) is 0.625. The smallest absolute Gasteiger partial charge is 0.123 e. The van der Waals surface area contributed by atoms with Crippen molar-refractivity contribution in [3.8, 4) is 5.75 Å². The summed E-state index contributed by atoms with van der Waals surface area (Å²) >= 11 is 0. The van der Waals surface area contributed by atoms with E-state index < -0.39 is 0 Å². The second kappa shape index (κ2) is 7.51. The van der Waals surface area contributed by atoms with Gasteiger partial charge >= 0.3 is 0 Å². The summed E-state index contributed by atoms with van der Waals surface area (Å²) in [5.74, 6) is 1.41. The molecule has 0 heterocycles. The molecule has 0 aliphatic carbocycles. The van der Waals surface area contributed by atoms with Gasteiger partial charge in [0.1, 0.15) is 5.75 Å². The van der Waals surface area contributed by atoms with Gasteiger partial charge in [-0.25, -0.2) is 0 Å². The minimum Gasteiger partial charge on any atom is -0.496 e. The lowest BCUT2D eigenvalue weighted by molar-refractivity contribution is 0.143. The van der Waals surface area contributed by atoms with E-state index in [-0.39, 0.29) is 12.1 Å². The van der Waals surface area contributed by atoms with Crippen LogP contribution >= 0.6 is 0 Å². The summed E-state index contributed by atoms with van der Waals surface area (Å²) < 4.78 is 5.39. The second-order valence-corrected chi connectivity index (χ2v) is 5.66. The number of hydrogen-bond donors (Lipinski definition) is 2. The molecule has 0 saturated carbocycles. The lowest BCUT2D eigenvalue weighted by Gasteiger charge is -2.20. The maximum atomic E-state index is 9.90. The average molecular weight is 265 g/mol. The molecule has 0 fully saturated rings. The number of ether oxygens (including phenoxy) is 1. The van der Waals surface area contributed by atoms with Crippen LogP contribution in [0.5, 0.6) is 5.75 Å². The van der Waals surface area contributed by atoms with E-state index in [2.05, 4.69) is 39.1 Å². The van der Waals surface area contributed by atoms with Crippen molar-refractivity contribution in [2.75, 3.05) is 13.7 Å². The van der Waals surface area contributed by atoms with E-state index >= 15 is 0 Å². The van der Waals surface area contributed by atoms with Crippen LogP contribution in [0.4, 0.5) is 0 Å². The van der Waals surface area contributed by atoms with Crippen LogP contribution in [0.15, 0.2) is 18.2 Å². The van der Waals surface area contributed by atoms with Crippen LogP contribution in [0.2, 0.25) is 0 Å². The predicted molar refractivity (Wildman–Crippen MR) is 79.6 cm³/mol. The van der Waals surface area contributed by atoms with Crippen LogP contribution in [-0.2, 0) is 0 Å². The van der Waals surface area contributed by atoms with Gasteiger partial charge in [0.25, 0.3) is 0 Å². The highest BCUT2D eigenvalue weighted by Crippen LogP contribution is 2.26. The molecular weight excluding hydrogens is 238 g/mol. The van der Waals surface area contributed by atoms with Crippen molar-refractivity contribution in [2.24, 2.45) is 5.92 Å². The van der Waals surface area contributed by atoms with Crippen LogP contribution in [-0.4, -0.2) is 24.9 Å². The molecule has 1 aromatic carbocycles. The summed E-state index contributed by atoms with van der Waals surface area (Å²) in [5.41, 5.74) is 2.35. The molecule has 1 rings (SSSR count). The highest BCUT2D eigenvalue weighted by atomic mass is 16.5. The minimum atomic E-state index is -0.293. The van der Waals surface area contributed by atoms with Gasteiger partial charge in [-0.3, -0.25) is 0 Å². The normalized spacial score (nSPS) is 14.5. The highest BCUT2D eigenvalue weighted by molar-refractivity contribution is 5.38. The maximum Gasteiger partial charge on any atom is 0.123 e. The Bertz CT molecular complexity index is 390. The van der Waals surface area contributed by atoms with Crippen molar-refractivity contribution in [3.05, 3.63) is 29.3 Å². The number of methoxy groups -OCH3 is 1. The first-order chi connectivity index (χ1) is 8.93. The Balaban J connectivity index is 2.62.